The molecule has 94 valence electrons. The normalized spacial score (nSPS) is 10.1. The molecule has 0 aliphatic carbocycles. The average molecular weight is 248 g/mol. The van der Waals surface area contributed by atoms with E-state index < -0.39 is 0 Å². The molecule has 0 atom stereocenters. The van der Waals surface area contributed by atoms with Crippen LogP contribution in [0.5, 0.6) is 0 Å². The minimum Gasteiger partial charge on any atom is -0.467 e. The third-order valence-electron chi connectivity index (χ3n) is 2.35. The van der Waals surface area contributed by atoms with Gasteiger partial charge in [0.1, 0.15) is 11.6 Å². The van der Waals surface area contributed by atoms with Crippen molar-refractivity contribution >= 4 is 6.03 Å². The van der Waals surface area contributed by atoms with Crippen LogP contribution in [0.3, 0.4) is 0 Å². The summed E-state index contributed by atoms with van der Waals surface area (Å²) in [5.74, 6) is 0.362. The summed E-state index contributed by atoms with van der Waals surface area (Å²) in [4.78, 5) is 11.4. The largest absolute Gasteiger partial charge is 0.467 e. The molecule has 2 rings (SSSR count). The molecule has 0 aliphatic heterocycles. The van der Waals surface area contributed by atoms with Crippen LogP contribution in [0, 0.1) is 5.82 Å². The average Bonchev–Trinajstić information content (AvgIpc) is 2.87. The highest BCUT2D eigenvalue weighted by Crippen LogP contribution is 2.02. The van der Waals surface area contributed by atoms with Gasteiger partial charge in [0.2, 0.25) is 0 Å². The topological polar surface area (TPSA) is 54.3 Å². The Hall–Kier alpha value is -2.30. The van der Waals surface area contributed by atoms with E-state index in [1.54, 1.807) is 30.5 Å². The van der Waals surface area contributed by atoms with Crippen molar-refractivity contribution in [2.75, 3.05) is 0 Å². The zero-order valence-corrected chi connectivity index (χ0v) is 9.65. The van der Waals surface area contributed by atoms with Crippen molar-refractivity contribution in [3.63, 3.8) is 0 Å². The Balaban J connectivity index is 1.75. The lowest BCUT2D eigenvalue weighted by atomic mass is 10.2. The lowest BCUT2D eigenvalue weighted by Crippen LogP contribution is -2.34. The van der Waals surface area contributed by atoms with Crippen LogP contribution in [0.1, 0.15) is 11.3 Å². The number of carbonyl (C=O) groups is 1. The second-order valence-corrected chi connectivity index (χ2v) is 3.75. The fraction of sp³-hybridized carbons (Fsp3) is 0.154. The third-order valence-corrected chi connectivity index (χ3v) is 2.35. The molecule has 0 radical (unpaired) electrons. The first-order chi connectivity index (χ1) is 8.74. The monoisotopic (exact) mass is 248 g/mol. The number of urea groups is 1. The molecule has 2 amide bonds. The van der Waals surface area contributed by atoms with Gasteiger partial charge in [-0.15, -0.1) is 0 Å². The summed E-state index contributed by atoms with van der Waals surface area (Å²) in [6.45, 7) is 0.601. The van der Waals surface area contributed by atoms with Crippen LogP contribution in [-0.2, 0) is 13.1 Å². The lowest BCUT2D eigenvalue weighted by molar-refractivity contribution is 0.239. The Bertz CT molecular complexity index is 511. The summed E-state index contributed by atoms with van der Waals surface area (Å²) in [6, 6.07) is 9.29. The molecule has 2 N–H and O–H groups in total. The first kappa shape index (κ1) is 12.2. The number of hydrogen-bond donors (Lipinski definition) is 2. The number of benzene rings is 1. The van der Waals surface area contributed by atoms with E-state index in [1.165, 1.54) is 12.1 Å². The Morgan fingerprint density at radius 1 is 1.17 bits per heavy atom. The Kier molecular flexibility index (Phi) is 3.96. The van der Waals surface area contributed by atoms with E-state index in [-0.39, 0.29) is 18.4 Å². The van der Waals surface area contributed by atoms with Gasteiger partial charge < -0.3 is 15.1 Å². The quantitative estimate of drug-likeness (QED) is 0.873. The van der Waals surface area contributed by atoms with Crippen LogP contribution in [0.15, 0.2) is 47.1 Å². The Morgan fingerprint density at radius 2 is 2.00 bits per heavy atom. The van der Waals surface area contributed by atoms with E-state index in [1.807, 2.05) is 0 Å². The summed E-state index contributed by atoms with van der Waals surface area (Å²) in [6.07, 6.45) is 1.54. The van der Waals surface area contributed by atoms with Gasteiger partial charge in [-0.2, -0.15) is 0 Å². The predicted octanol–water partition coefficient (Wildman–Crippen LogP) is 2.42. The van der Waals surface area contributed by atoms with E-state index in [4.69, 9.17) is 4.42 Å². The van der Waals surface area contributed by atoms with Gasteiger partial charge in [-0.05, 0) is 29.8 Å². The van der Waals surface area contributed by atoms with Crippen molar-refractivity contribution in [2.24, 2.45) is 0 Å². The van der Waals surface area contributed by atoms with Crippen molar-refractivity contribution in [1.29, 1.82) is 0 Å². The lowest BCUT2D eigenvalue weighted by Gasteiger charge is -2.06. The van der Waals surface area contributed by atoms with Gasteiger partial charge in [0.05, 0.1) is 12.8 Å². The molecule has 5 heteroatoms. The first-order valence-corrected chi connectivity index (χ1v) is 5.52. The van der Waals surface area contributed by atoms with Crippen LogP contribution in [0.25, 0.3) is 0 Å². The van der Waals surface area contributed by atoms with E-state index in [9.17, 15) is 9.18 Å². The maximum atomic E-state index is 12.9. The molecule has 0 bridgehead atoms. The highest BCUT2D eigenvalue weighted by molar-refractivity contribution is 5.73. The maximum Gasteiger partial charge on any atom is 0.315 e. The predicted molar refractivity (Wildman–Crippen MR) is 64.2 cm³/mol. The van der Waals surface area contributed by atoms with Gasteiger partial charge in [0, 0.05) is 6.54 Å². The van der Waals surface area contributed by atoms with Crippen LogP contribution in [0.4, 0.5) is 9.18 Å². The number of hydrogen-bond acceptors (Lipinski definition) is 2. The van der Waals surface area contributed by atoms with Crippen LogP contribution in [-0.4, -0.2) is 6.03 Å². The van der Waals surface area contributed by atoms with Gasteiger partial charge in [-0.25, -0.2) is 9.18 Å². The molecule has 0 fully saturated rings. The summed E-state index contributed by atoms with van der Waals surface area (Å²) in [5.41, 5.74) is 0.711. The number of halogens is 1. The third kappa shape index (κ3) is 3.62. The van der Waals surface area contributed by atoms with E-state index >= 15 is 0 Å². The van der Waals surface area contributed by atoms with Crippen molar-refractivity contribution in [2.45, 2.75) is 13.1 Å². The van der Waals surface area contributed by atoms with Gasteiger partial charge in [-0.3, -0.25) is 0 Å². The molecule has 0 saturated carbocycles. The SMILES string of the molecule is O=C(NCc1cccc(F)c1)NCc1ccco1. The zero-order chi connectivity index (χ0) is 12.8. The molecule has 4 nitrogen and oxygen atoms in total. The molecule has 1 aromatic carbocycles. The maximum absolute atomic E-state index is 12.9. The summed E-state index contributed by atoms with van der Waals surface area (Å²) in [5, 5.41) is 5.26. The Morgan fingerprint density at radius 3 is 2.72 bits per heavy atom. The second kappa shape index (κ2) is 5.86. The molecule has 0 aliphatic rings. The van der Waals surface area contributed by atoms with Crippen LogP contribution < -0.4 is 10.6 Å². The minimum absolute atomic E-state index is 0.280. The highest BCUT2D eigenvalue weighted by Gasteiger charge is 2.02. The number of amides is 2. The Labute approximate surface area is 104 Å². The summed E-state index contributed by atoms with van der Waals surface area (Å²) < 4.78 is 18.0. The summed E-state index contributed by atoms with van der Waals surface area (Å²) >= 11 is 0. The molecule has 1 aromatic heterocycles. The minimum atomic E-state index is -0.323. The molecule has 18 heavy (non-hydrogen) atoms. The van der Waals surface area contributed by atoms with Gasteiger partial charge >= 0.3 is 6.03 Å². The van der Waals surface area contributed by atoms with E-state index in [0.29, 0.717) is 17.9 Å². The molecular weight excluding hydrogens is 235 g/mol. The molecule has 1 heterocycles. The fourth-order valence-corrected chi connectivity index (χ4v) is 1.47. The van der Waals surface area contributed by atoms with E-state index in [0.717, 1.165) is 0 Å². The van der Waals surface area contributed by atoms with Gasteiger partial charge in [-0.1, -0.05) is 12.1 Å². The standard InChI is InChI=1S/C13H13FN2O2/c14-11-4-1-3-10(7-11)8-15-13(17)16-9-12-5-2-6-18-12/h1-7H,8-9H2,(H2,15,16,17). The fourth-order valence-electron chi connectivity index (χ4n) is 1.47. The number of rotatable bonds is 4. The molecule has 2 aromatic rings. The van der Waals surface area contributed by atoms with Gasteiger partial charge in [0.25, 0.3) is 0 Å². The molecule has 0 unspecified atom stereocenters. The van der Waals surface area contributed by atoms with Crippen LogP contribution >= 0.6 is 0 Å². The molecular formula is C13H13FN2O2. The van der Waals surface area contributed by atoms with Crippen molar-refractivity contribution in [1.82, 2.24) is 10.6 Å². The van der Waals surface area contributed by atoms with Crippen molar-refractivity contribution < 1.29 is 13.6 Å². The first-order valence-electron chi connectivity index (χ1n) is 5.52. The number of nitrogens with one attached hydrogen (secondary N) is 2. The molecule has 0 spiro atoms. The molecule has 0 saturated heterocycles. The van der Waals surface area contributed by atoms with Gasteiger partial charge in [0.15, 0.2) is 0 Å². The zero-order valence-electron chi connectivity index (χ0n) is 9.65. The number of carbonyl (C=O) groups excluding carboxylic acids is 1. The van der Waals surface area contributed by atoms with Crippen molar-refractivity contribution in [3.05, 3.63) is 59.8 Å². The smallest absolute Gasteiger partial charge is 0.315 e. The van der Waals surface area contributed by atoms with Crippen molar-refractivity contribution in [3.8, 4) is 0 Å². The van der Waals surface area contributed by atoms with Crippen LogP contribution in [0.2, 0.25) is 0 Å². The number of furan rings is 1. The van der Waals surface area contributed by atoms with E-state index in [2.05, 4.69) is 10.6 Å². The highest BCUT2D eigenvalue weighted by atomic mass is 19.1. The second-order valence-electron chi connectivity index (χ2n) is 3.75. The summed E-state index contributed by atoms with van der Waals surface area (Å²) in [7, 11) is 0.